The third kappa shape index (κ3) is 2.03. The van der Waals surface area contributed by atoms with Crippen LogP contribution < -0.4 is 5.73 Å². The third-order valence-corrected chi connectivity index (χ3v) is 2.47. The maximum Gasteiger partial charge on any atom is 0.150 e. The number of hydrogen-bond acceptors (Lipinski definition) is 3. The maximum absolute atomic E-state index is 6.10. The molecular formula is C11H11ClN2O. The highest BCUT2D eigenvalue weighted by molar-refractivity contribution is 6.33. The van der Waals surface area contributed by atoms with E-state index in [1.54, 1.807) is 6.07 Å². The summed E-state index contributed by atoms with van der Waals surface area (Å²) in [5.41, 5.74) is 8.14. The van der Waals surface area contributed by atoms with Crippen molar-refractivity contribution in [2.75, 3.05) is 0 Å². The number of benzene rings is 1. The predicted molar refractivity (Wildman–Crippen MR) is 59.6 cm³/mol. The second kappa shape index (κ2) is 4.04. The van der Waals surface area contributed by atoms with Crippen LogP contribution in [-0.4, -0.2) is 5.16 Å². The number of nitrogens with zero attached hydrogens (tertiary/aromatic N) is 1. The van der Waals surface area contributed by atoms with E-state index in [4.69, 9.17) is 21.9 Å². The van der Waals surface area contributed by atoms with E-state index in [1.807, 2.05) is 25.1 Å². The first kappa shape index (κ1) is 10.2. The number of hydrogen-bond donors (Lipinski definition) is 1. The molecule has 1 aromatic carbocycles. The number of rotatable bonds is 2. The predicted octanol–water partition coefficient (Wildman–Crippen LogP) is 2.76. The van der Waals surface area contributed by atoms with Crippen molar-refractivity contribution in [3.05, 3.63) is 40.6 Å². The van der Waals surface area contributed by atoms with E-state index in [0.717, 1.165) is 16.8 Å². The van der Waals surface area contributed by atoms with Crippen LogP contribution in [0.15, 0.2) is 28.8 Å². The molecule has 15 heavy (non-hydrogen) atoms. The maximum atomic E-state index is 6.10. The van der Waals surface area contributed by atoms with Crippen LogP contribution in [0, 0.1) is 6.92 Å². The van der Waals surface area contributed by atoms with Crippen molar-refractivity contribution < 1.29 is 4.52 Å². The van der Waals surface area contributed by atoms with Gasteiger partial charge < -0.3 is 10.3 Å². The van der Waals surface area contributed by atoms with E-state index in [0.29, 0.717) is 17.3 Å². The van der Waals surface area contributed by atoms with Crippen LogP contribution in [0.5, 0.6) is 0 Å². The van der Waals surface area contributed by atoms with Gasteiger partial charge in [-0.1, -0.05) is 28.9 Å². The zero-order valence-corrected chi connectivity index (χ0v) is 9.08. The van der Waals surface area contributed by atoms with E-state index in [9.17, 15) is 0 Å². The molecule has 0 aliphatic rings. The average Bonchev–Trinajstić information content (AvgIpc) is 2.66. The Morgan fingerprint density at radius 2 is 2.20 bits per heavy atom. The summed E-state index contributed by atoms with van der Waals surface area (Å²) in [6.45, 7) is 2.33. The molecular weight excluding hydrogens is 212 g/mol. The molecule has 0 aliphatic carbocycles. The van der Waals surface area contributed by atoms with Crippen molar-refractivity contribution in [3.63, 3.8) is 0 Å². The molecule has 0 radical (unpaired) electrons. The summed E-state index contributed by atoms with van der Waals surface area (Å²) in [4.78, 5) is 0. The topological polar surface area (TPSA) is 52.0 Å². The second-order valence-corrected chi connectivity index (χ2v) is 3.77. The van der Waals surface area contributed by atoms with Crippen molar-refractivity contribution in [1.82, 2.24) is 5.16 Å². The number of nitrogens with two attached hydrogens (primary N) is 1. The van der Waals surface area contributed by atoms with Crippen LogP contribution in [0.1, 0.15) is 11.3 Å². The molecule has 2 rings (SSSR count). The summed E-state index contributed by atoms with van der Waals surface area (Å²) < 4.78 is 5.02. The molecule has 0 spiro atoms. The Kier molecular flexibility index (Phi) is 2.75. The lowest BCUT2D eigenvalue weighted by Crippen LogP contribution is -1.92. The summed E-state index contributed by atoms with van der Waals surface area (Å²) in [5, 5.41) is 4.58. The summed E-state index contributed by atoms with van der Waals surface area (Å²) in [7, 11) is 0. The molecule has 0 saturated heterocycles. The van der Waals surface area contributed by atoms with Crippen molar-refractivity contribution in [1.29, 1.82) is 0 Å². The SMILES string of the molecule is Cc1ccc(-c2cc(CN)on2)c(Cl)c1. The molecule has 2 aromatic rings. The Hall–Kier alpha value is -1.32. The number of aromatic nitrogens is 1. The zero-order valence-electron chi connectivity index (χ0n) is 8.33. The summed E-state index contributed by atoms with van der Waals surface area (Å²) in [6, 6.07) is 7.61. The van der Waals surface area contributed by atoms with Gasteiger partial charge in [-0.25, -0.2) is 0 Å². The van der Waals surface area contributed by atoms with Crippen LogP contribution in [0.3, 0.4) is 0 Å². The Bertz CT molecular complexity index is 479. The fourth-order valence-corrected chi connectivity index (χ4v) is 1.70. The normalized spacial score (nSPS) is 10.6. The van der Waals surface area contributed by atoms with Crippen molar-refractivity contribution in [2.24, 2.45) is 5.73 Å². The number of aryl methyl sites for hydroxylation is 1. The second-order valence-electron chi connectivity index (χ2n) is 3.37. The summed E-state index contributed by atoms with van der Waals surface area (Å²) >= 11 is 6.10. The molecule has 0 fully saturated rings. The molecule has 4 heteroatoms. The molecule has 78 valence electrons. The lowest BCUT2D eigenvalue weighted by molar-refractivity contribution is 0.387. The van der Waals surface area contributed by atoms with Gasteiger partial charge in [-0.15, -0.1) is 0 Å². The van der Waals surface area contributed by atoms with Crippen LogP contribution in [-0.2, 0) is 6.54 Å². The average molecular weight is 223 g/mol. The fourth-order valence-electron chi connectivity index (χ4n) is 1.36. The van der Waals surface area contributed by atoms with E-state index < -0.39 is 0 Å². The Morgan fingerprint density at radius 3 is 2.80 bits per heavy atom. The van der Waals surface area contributed by atoms with Gasteiger partial charge in [-0.2, -0.15) is 0 Å². The van der Waals surface area contributed by atoms with Crippen molar-refractivity contribution in [3.8, 4) is 11.3 Å². The Balaban J connectivity index is 2.44. The summed E-state index contributed by atoms with van der Waals surface area (Å²) in [5.74, 6) is 0.654. The highest BCUT2D eigenvalue weighted by Gasteiger charge is 2.08. The van der Waals surface area contributed by atoms with Gasteiger partial charge in [-0.05, 0) is 18.6 Å². The largest absolute Gasteiger partial charge is 0.359 e. The standard InChI is InChI=1S/C11H11ClN2O/c1-7-2-3-9(10(12)4-7)11-5-8(6-13)15-14-11/h2-5H,6,13H2,1H3. The van der Waals surface area contributed by atoms with Crippen LogP contribution in [0.4, 0.5) is 0 Å². The van der Waals surface area contributed by atoms with Gasteiger partial charge >= 0.3 is 0 Å². The number of halogens is 1. The van der Waals surface area contributed by atoms with E-state index in [-0.39, 0.29) is 0 Å². The van der Waals surface area contributed by atoms with Gasteiger partial charge in [-0.3, -0.25) is 0 Å². The first-order valence-corrected chi connectivity index (χ1v) is 5.00. The minimum absolute atomic E-state index is 0.344. The summed E-state index contributed by atoms with van der Waals surface area (Å²) in [6.07, 6.45) is 0. The highest BCUT2D eigenvalue weighted by Crippen LogP contribution is 2.28. The van der Waals surface area contributed by atoms with Gasteiger partial charge in [0.25, 0.3) is 0 Å². The quantitative estimate of drug-likeness (QED) is 0.850. The van der Waals surface area contributed by atoms with Crippen LogP contribution in [0.2, 0.25) is 5.02 Å². The molecule has 1 aromatic heterocycles. The molecule has 0 saturated carbocycles. The van der Waals surface area contributed by atoms with Gasteiger partial charge in [0.1, 0.15) is 5.69 Å². The third-order valence-electron chi connectivity index (χ3n) is 2.16. The van der Waals surface area contributed by atoms with Gasteiger partial charge in [0.05, 0.1) is 11.6 Å². The van der Waals surface area contributed by atoms with Crippen molar-refractivity contribution >= 4 is 11.6 Å². The van der Waals surface area contributed by atoms with Crippen LogP contribution in [0.25, 0.3) is 11.3 Å². The molecule has 0 unspecified atom stereocenters. The molecule has 3 nitrogen and oxygen atoms in total. The molecule has 0 aliphatic heterocycles. The van der Waals surface area contributed by atoms with E-state index in [2.05, 4.69) is 5.16 Å². The lowest BCUT2D eigenvalue weighted by Gasteiger charge is -2.00. The van der Waals surface area contributed by atoms with Gasteiger partial charge in [0.15, 0.2) is 5.76 Å². The first-order chi connectivity index (χ1) is 7.20. The monoisotopic (exact) mass is 222 g/mol. The molecule has 0 atom stereocenters. The van der Waals surface area contributed by atoms with Gasteiger partial charge in [0, 0.05) is 11.6 Å². The molecule has 0 amide bonds. The van der Waals surface area contributed by atoms with E-state index in [1.165, 1.54) is 0 Å². The Labute approximate surface area is 92.8 Å². The first-order valence-electron chi connectivity index (χ1n) is 4.63. The zero-order chi connectivity index (χ0) is 10.8. The van der Waals surface area contributed by atoms with Gasteiger partial charge in [0.2, 0.25) is 0 Å². The Morgan fingerprint density at radius 1 is 1.40 bits per heavy atom. The minimum Gasteiger partial charge on any atom is -0.359 e. The fraction of sp³-hybridized carbons (Fsp3) is 0.182. The smallest absolute Gasteiger partial charge is 0.150 e. The molecule has 2 N–H and O–H groups in total. The molecule has 0 bridgehead atoms. The highest BCUT2D eigenvalue weighted by atomic mass is 35.5. The molecule has 1 heterocycles. The minimum atomic E-state index is 0.344. The lowest BCUT2D eigenvalue weighted by atomic mass is 10.1. The van der Waals surface area contributed by atoms with Crippen LogP contribution >= 0.6 is 11.6 Å². The van der Waals surface area contributed by atoms with E-state index >= 15 is 0 Å². The van der Waals surface area contributed by atoms with Crippen molar-refractivity contribution in [2.45, 2.75) is 13.5 Å².